The van der Waals surface area contributed by atoms with Gasteiger partial charge in [0.05, 0.1) is 25.8 Å². The van der Waals surface area contributed by atoms with Gasteiger partial charge in [0, 0.05) is 39.9 Å². The zero-order chi connectivity index (χ0) is 19.9. The summed E-state index contributed by atoms with van der Waals surface area (Å²) in [5, 5.41) is 7.47. The summed E-state index contributed by atoms with van der Waals surface area (Å²) >= 11 is 0. The first-order valence-electron chi connectivity index (χ1n) is 9.70. The Morgan fingerprint density at radius 1 is 1.43 bits per heavy atom. The zero-order valence-electron chi connectivity index (χ0n) is 17.2. The molecule has 9 nitrogen and oxygen atoms in total. The second kappa shape index (κ2) is 9.50. The van der Waals surface area contributed by atoms with Crippen LogP contribution in [0.4, 0.5) is 5.82 Å². The van der Waals surface area contributed by atoms with Crippen LogP contribution in [-0.2, 0) is 24.9 Å². The molecule has 3 rings (SSSR count). The van der Waals surface area contributed by atoms with E-state index in [0.717, 1.165) is 49.4 Å². The second-order valence-corrected chi connectivity index (χ2v) is 6.98. The fourth-order valence-electron chi connectivity index (χ4n) is 3.14. The first kappa shape index (κ1) is 20.1. The SMILES string of the molecule is CCNC(=NCc1ccnc(N2CCOC(C)C2)c1)N(C)Cc1ncnn1C. The van der Waals surface area contributed by atoms with E-state index in [4.69, 9.17) is 9.73 Å². The van der Waals surface area contributed by atoms with E-state index in [1.807, 2.05) is 26.4 Å². The number of guanidine groups is 1. The largest absolute Gasteiger partial charge is 0.375 e. The van der Waals surface area contributed by atoms with Crippen molar-refractivity contribution in [1.82, 2.24) is 30.0 Å². The normalized spacial score (nSPS) is 17.6. The highest BCUT2D eigenvalue weighted by molar-refractivity contribution is 5.79. The Bertz CT molecular complexity index is 790. The Kier molecular flexibility index (Phi) is 6.80. The van der Waals surface area contributed by atoms with Gasteiger partial charge in [-0.15, -0.1) is 0 Å². The Balaban J connectivity index is 1.68. The predicted octanol–water partition coefficient (Wildman–Crippen LogP) is 1.03. The minimum absolute atomic E-state index is 0.229. The molecular formula is C19H30N8O. The second-order valence-electron chi connectivity index (χ2n) is 6.98. The molecule has 0 aliphatic carbocycles. The number of hydrogen-bond acceptors (Lipinski definition) is 6. The molecule has 1 N–H and O–H groups in total. The van der Waals surface area contributed by atoms with E-state index in [1.165, 1.54) is 0 Å². The van der Waals surface area contributed by atoms with Crippen molar-refractivity contribution in [3.8, 4) is 0 Å². The third kappa shape index (κ3) is 5.19. The molecule has 0 amide bonds. The first-order valence-corrected chi connectivity index (χ1v) is 9.70. The molecule has 1 unspecified atom stereocenters. The summed E-state index contributed by atoms with van der Waals surface area (Å²) < 4.78 is 7.40. The van der Waals surface area contributed by atoms with Gasteiger partial charge in [0.25, 0.3) is 0 Å². The molecule has 2 aromatic rings. The lowest BCUT2D eigenvalue weighted by molar-refractivity contribution is 0.0529. The Labute approximate surface area is 166 Å². The molecule has 1 aliphatic heterocycles. The van der Waals surface area contributed by atoms with Crippen molar-refractivity contribution < 1.29 is 4.74 Å². The van der Waals surface area contributed by atoms with Crippen LogP contribution in [0.1, 0.15) is 25.2 Å². The number of hydrogen-bond donors (Lipinski definition) is 1. The Morgan fingerprint density at radius 3 is 3.00 bits per heavy atom. The summed E-state index contributed by atoms with van der Waals surface area (Å²) in [5.74, 6) is 2.71. The molecular weight excluding hydrogens is 356 g/mol. The number of rotatable bonds is 6. The average molecular weight is 387 g/mol. The van der Waals surface area contributed by atoms with Gasteiger partial charge in [-0.2, -0.15) is 5.10 Å². The molecule has 1 saturated heterocycles. The van der Waals surface area contributed by atoms with Crippen molar-refractivity contribution >= 4 is 11.8 Å². The van der Waals surface area contributed by atoms with Crippen LogP contribution in [-0.4, -0.2) is 70.0 Å². The maximum absolute atomic E-state index is 5.63. The molecule has 1 fully saturated rings. The van der Waals surface area contributed by atoms with Crippen molar-refractivity contribution in [3.05, 3.63) is 36.0 Å². The van der Waals surface area contributed by atoms with E-state index in [1.54, 1.807) is 11.0 Å². The average Bonchev–Trinajstić information content (AvgIpc) is 3.10. The van der Waals surface area contributed by atoms with Gasteiger partial charge in [0.2, 0.25) is 0 Å². The quantitative estimate of drug-likeness (QED) is 0.586. The lowest BCUT2D eigenvalue weighted by Gasteiger charge is -2.32. The topological polar surface area (TPSA) is 83.7 Å². The number of aromatic nitrogens is 4. The van der Waals surface area contributed by atoms with Crippen LogP contribution < -0.4 is 10.2 Å². The van der Waals surface area contributed by atoms with E-state index >= 15 is 0 Å². The summed E-state index contributed by atoms with van der Waals surface area (Å²) in [6.45, 7) is 8.65. The van der Waals surface area contributed by atoms with Crippen molar-refractivity contribution in [3.63, 3.8) is 0 Å². The molecule has 2 aromatic heterocycles. The summed E-state index contributed by atoms with van der Waals surface area (Å²) in [6, 6.07) is 4.14. The maximum atomic E-state index is 5.63. The number of aryl methyl sites for hydroxylation is 1. The van der Waals surface area contributed by atoms with Crippen LogP contribution >= 0.6 is 0 Å². The number of aliphatic imine (C=N–C) groups is 1. The molecule has 0 radical (unpaired) electrons. The molecule has 152 valence electrons. The van der Waals surface area contributed by atoms with Gasteiger partial charge in [0.15, 0.2) is 5.96 Å². The van der Waals surface area contributed by atoms with Crippen LogP contribution in [0, 0.1) is 0 Å². The minimum Gasteiger partial charge on any atom is -0.375 e. The number of pyridine rings is 1. The molecule has 1 atom stereocenters. The van der Waals surface area contributed by atoms with E-state index in [9.17, 15) is 0 Å². The van der Waals surface area contributed by atoms with Gasteiger partial charge in [-0.05, 0) is 31.5 Å². The van der Waals surface area contributed by atoms with E-state index < -0.39 is 0 Å². The number of nitrogens with zero attached hydrogens (tertiary/aromatic N) is 7. The van der Waals surface area contributed by atoms with Crippen LogP contribution in [0.15, 0.2) is 29.6 Å². The molecule has 0 spiro atoms. The first-order chi connectivity index (χ1) is 13.6. The van der Waals surface area contributed by atoms with Crippen LogP contribution in [0.3, 0.4) is 0 Å². The van der Waals surface area contributed by atoms with E-state index in [-0.39, 0.29) is 6.10 Å². The lowest BCUT2D eigenvalue weighted by Crippen LogP contribution is -2.41. The van der Waals surface area contributed by atoms with Crippen molar-refractivity contribution in [2.45, 2.75) is 33.0 Å². The van der Waals surface area contributed by atoms with Crippen LogP contribution in [0.25, 0.3) is 0 Å². The zero-order valence-corrected chi connectivity index (χ0v) is 17.2. The number of morpholine rings is 1. The smallest absolute Gasteiger partial charge is 0.194 e. The summed E-state index contributed by atoms with van der Waals surface area (Å²) in [4.78, 5) is 17.9. The fourth-order valence-corrected chi connectivity index (χ4v) is 3.14. The fraction of sp³-hybridized carbons (Fsp3) is 0.579. The predicted molar refractivity (Wildman–Crippen MR) is 109 cm³/mol. The van der Waals surface area contributed by atoms with Crippen molar-refractivity contribution in [2.24, 2.45) is 12.0 Å². The van der Waals surface area contributed by atoms with Gasteiger partial charge in [-0.3, -0.25) is 4.68 Å². The minimum atomic E-state index is 0.229. The molecule has 1 aliphatic rings. The number of ether oxygens (including phenoxy) is 1. The Morgan fingerprint density at radius 2 is 2.29 bits per heavy atom. The molecule has 0 aromatic carbocycles. The van der Waals surface area contributed by atoms with Gasteiger partial charge in [0.1, 0.15) is 18.0 Å². The van der Waals surface area contributed by atoms with Gasteiger partial charge < -0.3 is 19.9 Å². The lowest BCUT2D eigenvalue weighted by atomic mass is 10.2. The third-order valence-corrected chi connectivity index (χ3v) is 4.67. The van der Waals surface area contributed by atoms with Gasteiger partial charge in [-0.1, -0.05) is 0 Å². The molecule has 0 saturated carbocycles. The van der Waals surface area contributed by atoms with Gasteiger partial charge in [-0.25, -0.2) is 15.0 Å². The summed E-state index contributed by atoms with van der Waals surface area (Å²) in [6.07, 6.45) is 3.65. The number of anilines is 1. The highest BCUT2D eigenvalue weighted by Crippen LogP contribution is 2.17. The summed E-state index contributed by atoms with van der Waals surface area (Å²) in [7, 11) is 3.90. The maximum Gasteiger partial charge on any atom is 0.194 e. The standard InChI is InChI=1S/C19H30N8O/c1-5-20-19(25(3)13-18-23-14-24-26(18)4)22-11-16-6-7-21-17(10-16)27-8-9-28-15(2)12-27/h6-7,10,14-15H,5,8-9,11-13H2,1-4H3,(H,20,22). The third-order valence-electron chi connectivity index (χ3n) is 4.67. The molecule has 0 bridgehead atoms. The van der Waals surface area contributed by atoms with E-state index in [2.05, 4.69) is 50.1 Å². The highest BCUT2D eigenvalue weighted by atomic mass is 16.5. The molecule has 3 heterocycles. The van der Waals surface area contributed by atoms with Crippen LogP contribution in [0.5, 0.6) is 0 Å². The summed E-state index contributed by atoms with van der Waals surface area (Å²) in [5.41, 5.74) is 1.13. The highest BCUT2D eigenvalue weighted by Gasteiger charge is 2.18. The van der Waals surface area contributed by atoms with Crippen molar-refractivity contribution in [1.29, 1.82) is 0 Å². The Hall–Kier alpha value is -2.68. The van der Waals surface area contributed by atoms with Crippen molar-refractivity contribution in [2.75, 3.05) is 38.2 Å². The monoisotopic (exact) mass is 386 g/mol. The van der Waals surface area contributed by atoms with Gasteiger partial charge >= 0.3 is 0 Å². The van der Waals surface area contributed by atoms with E-state index in [0.29, 0.717) is 13.1 Å². The number of nitrogens with one attached hydrogen (secondary N) is 1. The molecule has 9 heteroatoms. The van der Waals surface area contributed by atoms with Crippen LogP contribution in [0.2, 0.25) is 0 Å². The molecule has 28 heavy (non-hydrogen) atoms.